The second-order valence-corrected chi connectivity index (χ2v) is 5.14. The van der Waals surface area contributed by atoms with E-state index in [1.807, 2.05) is 25.1 Å². The fourth-order valence-corrected chi connectivity index (χ4v) is 2.62. The van der Waals surface area contributed by atoms with E-state index in [0.717, 1.165) is 18.5 Å². The zero-order valence-corrected chi connectivity index (χ0v) is 10.8. The maximum absolute atomic E-state index is 9.49. The van der Waals surface area contributed by atoms with Crippen LogP contribution in [-0.4, -0.2) is 29.0 Å². The standard InChI is InChI=1S/C14H22N2O2/c1-2-14(8-17,9-18)16-13-6-3-10-7-11(15)4-5-12(10)13/h4-5,7,13,16-18H,2-3,6,8-9,15H2,1H3. The van der Waals surface area contributed by atoms with Crippen molar-refractivity contribution in [1.82, 2.24) is 5.32 Å². The quantitative estimate of drug-likeness (QED) is 0.587. The van der Waals surface area contributed by atoms with Crippen LogP contribution in [0.15, 0.2) is 18.2 Å². The molecule has 4 heteroatoms. The molecule has 0 aliphatic heterocycles. The summed E-state index contributed by atoms with van der Waals surface area (Å²) in [5.41, 5.74) is 8.50. The van der Waals surface area contributed by atoms with E-state index >= 15 is 0 Å². The largest absolute Gasteiger partial charge is 0.399 e. The molecule has 0 amide bonds. The van der Waals surface area contributed by atoms with Crippen molar-refractivity contribution in [3.63, 3.8) is 0 Å². The second-order valence-electron chi connectivity index (χ2n) is 5.14. The van der Waals surface area contributed by atoms with E-state index in [-0.39, 0.29) is 19.3 Å². The predicted octanol–water partition coefficient (Wildman–Crippen LogP) is 0.979. The van der Waals surface area contributed by atoms with Gasteiger partial charge in [0.1, 0.15) is 0 Å². The maximum Gasteiger partial charge on any atom is 0.0650 e. The third-order valence-electron chi connectivity index (χ3n) is 4.01. The molecule has 1 unspecified atom stereocenters. The average Bonchev–Trinajstić information content (AvgIpc) is 2.78. The van der Waals surface area contributed by atoms with Crippen LogP contribution in [-0.2, 0) is 6.42 Å². The molecule has 18 heavy (non-hydrogen) atoms. The number of fused-ring (bicyclic) bond motifs is 1. The van der Waals surface area contributed by atoms with Gasteiger partial charge in [-0.3, -0.25) is 0 Å². The molecule has 1 atom stereocenters. The van der Waals surface area contributed by atoms with Crippen LogP contribution in [0.1, 0.15) is 36.9 Å². The van der Waals surface area contributed by atoms with Gasteiger partial charge in [0.15, 0.2) is 0 Å². The Bertz CT molecular complexity index is 408. The van der Waals surface area contributed by atoms with Gasteiger partial charge in [-0.15, -0.1) is 0 Å². The summed E-state index contributed by atoms with van der Waals surface area (Å²) in [5, 5.41) is 22.4. The number of aliphatic hydroxyl groups is 2. The van der Waals surface area contributed by atoms with E-state index < -0.39 is 5.54 Å². The monoisotopic (exact) mass is 250 g/mol. The fraction of sp³-hybridized carbons (Fsp3) is 0.571. The van der Waals surface area contributed by atoms with Crippen molar-refractivity contribution in [3.8, 4) is 0 Å². The fourth-order valence-electron chi connectivity index (χ4n) is 2.62. The first-order chi connectivity index (χ1) is 8.64. The van der Waals surface area contributed by atoms with Crippen LogP contribution in [0.2, 0.25) is 0 Å². The molecule has 5 N–H and O–H groups in total. The van der Waals surface area contributed by atoms with E-state index in [4.69, 9.17) is 5.73 Å². The van der Waals surface area contributed by atoms with Gasteiger partial charge in [0.2, 0.25) is 0 Å². The molecule has 2 rings (SSSR count). The summed E-state index contributed by atoms with van der Waals surface area (Å²) < 4.78 is 0. The van der Waals surface area contributed by atoms with Gasteiger partial charge in [-0.2, -0.15) is 0 Å². The lowest BCUT2D eigenvalue weighted by molar-refractivity contribution is 0.0775. The molecule has 1 aliphatic rings. The van der Waals surface area contributed by atoms with Gasteiger partial charge in [0.05, 0.1) is 18.8 Å². The van der Waals surface area contributed by atoms with E-state index in [0.29, 0.717) is 6.42 Å². The number of nitrogens with two attached hydrogens (primary N) is 1. The van der Waals surface area contributed by atoms with Gasteiger partial charge >= 0.3 is 0 Å². The molecule has 0 heterocycles. The molecule has 0 bridgehead atoms. The Hall–Kier alpha value is -1.10. The molecule has 0 saturated heterocycles. The number of aliphatic hydroxyl groups excluding tert-OH is 2. The Labute approximate surface area is 108 Å². The summed E-state index contributed by atoms with van der Waals surface area (Å²) in [6, 6.07) is 6.16. The lowest BCUT2D eigenvalue weighted by Gasteiger charge is -2.33. The van der Waals surface area contributed by atoms with Crippen LogP contribution >= 0.6 is 0 Å². The van der Waals surface area contributed by atoms with Gasteiger partial charge in [-0.1, -0.05) is 13.0 Å². The van der Waals surface area contributed by atoms with Crippen LogP contribution in [0.25, 0.3) is 0 Å². The molecule has 4 nitrogen and oxygen atoms in total. The summed E-state index contributed by atoms with van der Waals surface area (Å²) in [6.07, 6.45) is 2.68. The summed E-state index contributed by atoms with van der Waals surface area (Å²) >= 11 is 0. The highest BCUT2D eigenvalue weighted by molar-refractivity contribution is 5.47. The van der Waals surface area contributed by atoms with Crippen molar-refractivity contribution in [1.29, 1.82) is 0 Å². The molecule has 1 aromatic rings. The maximum atomic E-state index is 9.49. The summed E-state index contributed by atoms with van der Waals surface area (Å²) in [6.45, 7) is 1.86. The topological polar surface area (TPSA) is 78.5 Å². The van der Waals surface area contributed by atoms with Crippen LogP contribution in [0.3, 0.4) is 0 Å². The minimum atomic E-state index is -0.590. The predicted molar refractivity (Wildman–Crippen MR) is 72.2 cm³/mol. The lowest BCUT2D eigenvalue weighted by atomic mass is 9.95. The van der Waals surface area contributed by atoms with Crippen molar-refractivity contribution in [3.05, 3.63) is 29.3 Å². The molecule has 100 valence electrons. The van der Waals surface area contributed by atoms with Gasteiger partial charge in [0, 0.05) is 11.7 Å². The number of anilines is 1. The first kappa shape index (κ1) is 13.3. The van der Waals surface area contributed by atoms with Crippen molar-refractivity contribution in [2.45, 2.75) is 37.8 Å². The minimum Gasteiger partial charge on any atom is -0.399 e. The molecule has 1 aliphatic carbocycles. The summed E-state index contributed by atoms with van der Waals surface area (Å²) in [5.74, 6) is 0. The highest BCUT2D eigenvalue weighted by atomic mass is 16.3. The Morgan fingerprint density at radius 3 is 2.72 bits per heavy atom. The zero-order valence-electron chi connectivity index (χ0n) is 10.8. The number of hydrogen-bond donors (Lipinski definition) is 4. The second kappa shape index (κ2) is 5.26. The summed E-state index contributed by atoms with van der Waals surface area (Å²) in [4.78, 5) is 0. The Balaban J connectivity index is 2.18. The normalized spacial score (nSPS) is 18.9. The molecule has 1 aromatic carbocycles. The van der Waals surface area contributed by atoms with Crippen molar-refractivity contribution < 1.29 is 10.2 Å². The highest BCUT2D eigenvalue weighted by Gasteiger charge is 2.32. The van der Waals surface area contributed by atoms with Crippen LogP contribution < -0.4 is 11.1 Å². The molecular formula is C14H22N2O2. The van der Waals surface area contributed by atoms with E-state index in [1.165, 1.54) is 11.1 Å². The van der Waals surface area contributed by atoms with Gasteiger partial charge < -0.3 is 21.3 Å². The third-order valence-corrected chi connectivity index (χ3v) is 4.01. The minimum absolute atomic E-state index is 0.0548. The number of nitrogens with one attached hydrogen (secondary N) is 1. The van der Waals surface area contributed by atoms with Gasteiger partial charge in [0.25, 0.3) is 0 Å². The van der Waals surface area contributed by atoms with Crippen LogP contribution in [0.4, 0.5) is 5.69 Å². The molecule has 0 aromatic heterocycles. The zero-order chi connectivity index (χ0) is 13.2. The van der Waals surface area contributed by atoms with Crippen LogP contribution in [0, 0.1) is 0 Å². The van der Waals surface area contributed by atoms with E-state index in [9.17, 15) is 10.2 Å². The SMILES string of the molecule is CCC(CO)(CO)NC1CCc2cc(N)ccc21. The molecule has 0 fully saturated rings. The van der Waals surface area contributed by atoms with Crippen molar-refractivity contribution in [2.75, 3.05) is 18.9 Å². The number of nitrogen functional groups attached to an aromatic ring is 1. The third kappa shape index (κ3) is 2.36. The summed E-state index contributed by atoms with van der Waals surface area (Å²) in [7, 11) is 0. The van der Waals surface area contributed by atoms with Crippen molar-refractivity contribution >= 4 is 5.69 Å². The van der Waals surface area contributed by atoms with Gasteiger partial charge in [-0.25, -0.2) is 0 Å². The Kier molecular flexibility index (Phi) is 3.90. The van der Waals surface area contributed by atoms with E-state index in [1.54, 1.807) is 0 Å². The van der Waals surface area contributed by atoms with Crippen molar-refractivity contribution in [2.24, 2.45) is 0 Å². The van der Waals surface area contributed by atoms with Gasteiger partial charge in [-0.05, 0) is 42.5 Å². The smallest absolute Gasteiger partial charge is 0.0650 e. The lowest BCUT2D eigenvalue weighted by Crippen LogP contribution is -2.52. The average molecular weight is 250 g/mol. The number of hydrogen-bond acceptors (Lipinski definition) is 4. The molecule has 0 saturated carbocycles. The number of aryl methyl sites for hydroxylation is 1. The number of rotatable bonds is 5. The Morgan fingerprint density at radius 1 is 1.39 bits per heavy atom. The molecular weight excluding hydrogens is 228 g/mol. The van der Waals surface area contributed by atoms with E-state index in [2.05, 4.69) is 5.32 Å². The van der Waals surface area contributed by atoms with Crippen LogP contribution in [0.5, 0.6) is 0 Å². The highest BCUT2D eigenvalue weighted by Crippen LogP contribution is 2.34. The molecule has 0 spiro atoms. The Morgan fingerprint density at radius 2 is 2.11 bits per heavy atom. The first-order valence-electron chi connectivity index (χ1n) is 6.52. The molecule has 0 radical (unpaired) electrons. The first-order valence-corrected chi connectivity index (χ1v) is 6.52. The number of benzene rings is 1.